The molecule has 0 amide bonds. The van der Waals surface area contributed by atoms with Gasteiger partial charge in [-0.1, -0.05) is 24.3 Å². The van der Waals surface area contributed by atoms with Gasteiger partial charge in [-0.3, -0.25) is 9.48 Å². The number of nitriles is 2. The highest BCUT2D eigenvalue weighted by Gasteiger charge is 2.20. The summed E-state index contributed by atoms with van der Waals surface area (Å²) in [5.41, 5.74) is 6.80. The van der Waals surface area contributed by atoms with Crippen LogP contribution >= 0.6 is 0 Å². The number of aromatic nitrogens is 3. The fourth-order valence-electron chi connectivity index (χ4n) is 2.58. The number of nitrogens with one attached hydrogen (secondary N) is 1. The molecule has 0 atom stereocenters. The summed E-state index contributed by atoms with van der Waals surface area (Å²) in [6.45, 7) is 0.436. The first-order chi connectivity index (χ1) is 11.7. The number of nitrogens with zero attached hydrogens (tertiary/aromatic N) is 4. The van der Waals surface area contributed by atoms with Crippen molar-refractivity contribution in [3.8, 4) is 23.3 Å². The highest BCUT2D eigenvalue weighted by Crippen LogP contribution is 2.31. The van der Waals surface area contributed by atoms with E-state index < -0.39 is 5.56 Å². The zero-order chi connectivity index (χ0) is 17.1. The van der Waals surface area contributed by atoms with Crippen molar-refractivity contribution >= 4 is 5.82 Å². The number of anilines is 1. The van der Waals surface area contributed by atoms with Crippen molar-refractivity contribution in [3.05, 3.63) is 69.8 Å². The Bertz CT molecular complexity index is 1030. The summed E-state index contributed by atoms with van der Waals surface area (Å²) in [6.07, 6.45) is 3.47. The molecule has 0 bridgehead atoms. The van der Waals surface area contributed by atoms with E-state index in [0.29, 0.717) is 12.1 Å². The van der Waals surface area contributed by atoms with Gasteiger partial charge < -0.3 is 10.7 Å². The Morgan fingerprint density at radius 2 is 1.92 bits per heavy atom. The Morgan fingerprint density at radius 1 is 1.17 bits per heavy atom. The van der Waals surface area contributed by atoms with Crippen molar-refractivity contribution in [1.29, 1.82) is 10.5 Å². The zero-order valence-electron chi connectivity index (χ0n) is 12.5. The fourth-order valence-corrected chi connectivity index (χ4v) is 2.58. The summed E-state index contributed by atoms with van der Waals surface area (Å²) in [5.74, 6) is -0.0506. The van der Waals surface area contributed by atoms with Crippen molar-refractivity contribution in [2.45, 2.75) is 6.54 Å². The Hall–Kier alpha value is -3.84. The van der Waals surface area contributed by atoms with Crippen LogP contribution in [0.25, 0.3) is 11.1 Å². The van der Waals surface area contributed by atoms with Crippen LogP contribution in [0.1, 0.15) is 16.7 Å². The largest absolute Gasteiger partial charge is 0.384 e. The van der Waals surface area contributed by atoms with Gasteiger partial charge in [-0.2, -0.15) is 15.6 Å². The molecular weight excluding hydrogens is 304 g/mol. The maximum Gasteiger partial charge on any atom is 0.268 e. The zero-order valence-corrected chi connectivity index (χ0v) is 12.5. The second-order valence-corrected chi connectivity index (χ2v) is 5.08. The lowest BCUT2D eigenvalue weighted by Crippen LogP contribution is -2.17. The van der Waals surface area contributed by atoms with Gasteiger partial charge in [-0.15, -0.1) is 0 Å². The topological polar surface area (TPSA) is 124 Å². The molecule has 0 spiro atoms. The molecule has 7 heteroatoms. The summed E-state index contributed by atoms with van der Waals surface area (Å²) < 4.78 is 1.72. The van der Waals surface area contributed by atoms with Crippen molar-refractivity contribution < 1.29 is 0 Å². The average molecular weight is 316 g/mol. The molecule has 0 saturated carbocycles. The second kappa shape index (κ2) is 6.11. The highest BCUT2D eigenvalue weighted by molar-refractivity contribution is 5.81. The number of benzene rings is 1. The molecule has 0 fully saturated rings. The number of hydrogen-bond donors (Lipinski definition) is 2. The maximum absolute atomic E-state index is 12.1. The molecule has 3 N–H and O–H groups in total. The number of nitrogens with two attached hydrogens (primary N) is 1. The standard InChI is InChI=1S/C17H12N6O/c18-8-13-15(14(9-19)17(24)22-16(13)20)12-5-2-1-4-11(12)10-23-7-3-6-21-23/h1-7H,10H2,(H3,20,22,24). The van der Waals surface area contributed by atoms with Crippen LogP contribution in [0.3, 0.4) is 0 Å². The van der Waals surface area contributed by atoms with Crippen molar-refractivity contribution in [3.63, 3.8) is 0 Å². The molecule has 24 heavy (non-hydrogen) atoms. The molecule has 3 aromatic rings. The Balaban J connectivity index is 2.30. The van der Waals surface area contributed by atoms with E-state index in [1.807, 2.05) is 24.3 Å². The first-order valence-electron chi connectivity index (χ1n) is 7.07. The molecule has 0 radical (unpaired) electrons. The molecule has 3 rings (SSSR count). The van der Waals surface area contributed by atoms with Crippen LogP contribution in [0.5, 0.6) is 0 Å². The lowest BCUT2D eigenvalue weighted by atomic mass is 9.93. The first kappa shape index (κ1) is 15.1. The van der Waals surface area contributed by atoms with Gasteiger partial charge in [0.15, 0.2) is 0 Å². The summed E-state index contributed by atoms with van der Waals surface area (Å²) >= 11 is 0. The number of aromatic amines is 1. The molecule has 0 aliphatic rings. The maximum atomic E-state index is 12.1. The summed E-state index contributed by atoms with van der Waals surface area (Å²) in [7, 11) is 0. The molecule has 1 aromatic carbocycles. The summed E-state index contributed by atoms with van der Waals surface area (Å²) in [6, 6.07) is 12.9. The summed E-state index contributed by atoms with van der Waals surface area (Å²) in [5, 5.41) is 23.0. The van der Waals surface area contributed by atoms with Gasteiger partial charge in [-0.05, 0) is 17.2 Å². The predicted molar refractivity (Wildman–Crippen MR) is 87.7 cm³/mol. The van der Waals surface area contributed by atoms with Crippen LogP contribution in [0, 0.1) is 22.7 Å². The third-order valence-corrected chi connectivity index (χ3v) is 3.65. The molecular formula is C17H12N6O. The number of rotatable bonds is 3. The third kappa shape index (κ3) is 2.51. The van der Waals surface area contributed by atoms with Crippen LogP contribution < -0.4 is 11.3 Å². The highest BCUT2D eigenvalue weighted by atomic mass is 16.1. The van der Waals surface area contributed by atoms with E-state index in [1.54, 1.807) is 35.3 Å². The van der Waals surface area contributed by atoms with Gasteiger partial charge >= 0.3 is 0 Å². The normalized spacial score (nSPS) is 10.1. The SMILES string of the molecule is N#Cc1c(N)[nH]c(=O)c(C#N)c1-c1ccccc1Cn1cccn1. The molecule has 2 heterocycles. The van der Waals surface area contributed by atoms with Crippen molar-refractivity contribution in [2.75, 3.05) is 5.73 Å². The predicted octanol–water partition coefficient (Wildman–Crippen LogP) is 1.61. The fraction of sp³-hybridized carbons (Fsp3) is 0.0588. The van der Waals surface area contributed by atoms with Crippen LogP contribution in [-0.2, 0) is 6.54 Å². The Morgan fingerprint density at radius 3 is 2.58 bits per heavy atom. The first-order valence-corrected chi connectivity index (χ1v) is 7.07. The average Bonchev–Trinajstić information content (AvgIpc) is 3.08. The smallest absolute Gasteiger partial charge is 0.268 e. The number of H-pyrrole nitrogens is 1. The molecule has 116 valence electrons. The van der Waals surface area contributed by atoms with Crippen LogP contribution in [0.2, 0.25) is 0 Å². The van der Waals surface area contributed by atoms with E-state index in [1.165, 1.54) is 0 Å². The van der Waals surface area contributed by atoms with Gasteiger partial charge in [0.1, 0.15) is 29.1 Å². The molecule has 2 aromatic heterocycles. The van der Waals surface area contributed by atoms with E-state index in [0.717, 1.165) is 5.56 Å². The van der Waals surface area contributed by atoms with Crippen LogP contribution in [-0.4, -0.2) is 14.8 Å². The van der Waals surface area contributed by atoms with Gasteiger partial charge in [-0.25, -0.2) is 0 Å². The number of nitrogen functional groups attached to an aromatic ring is 1. The van der Waals surface area contributed by atoms with E-state index >= 15 is 0 Å². The van der Waals surface area contributed by atoms with E-state index in [-0.39, 0.29) is 22.5 Å². The van der Waals surface area contributed by atoms with E-state index in [2.05, 4.69) is 10.1 Å². The minimum Gasteiger partial charge on any atom is -0.384 e. The van der Waals surface area contributed by atoms with Crippen molar-refractivity contribution in [1.82, 2.24) is 14.8 Å². The van der Waals surface area contributed by atoms with E-state index in [9.17, 15) is 15.3 Å². The quantitative estimate of drug-likeness (QED) is 0.759. The number of hydrogen-bond acceptors (Lipinski definition) is 5. The Kier molecular flexibility index (Phi) is 3.84. The van der Waals surface area contributed by atoms with E-state index in [4.69, 9.17) is 5.73 Å². The monoisotopic (exact) mass is 316 g/mol. The van der Waals surface area contributed by atoms with Gasteiger partial charge in [0.25, 0.3) is 5.56 Å². The Labute approximate surface area is 137 Å². The van der Waals surface area contributed by atoms with Crippen LogP contribution in [0.4, 0.5) is 5.82 Å². The second-order valence-electron chi connectivity index (χ2n) is 5.08. The molecule has 0 aliphatic heterocycles. The lowest BCUT2D eigenvalue weighted by Gasteiger charge is -2.13. The lowest BCUT2D eigenvalue weighted by molar-refractivity contribution is 0.688. The van der Waals surface area contributed by atoms with Gasteiger partial charge in [0.2, 0.25) is 0 Å². The van der Waals surface area contributed by atoms with Gasteiger partial charge in [0, 0.05) is 18.0 Å². The molecule has 7 nitrogen and oxygen atoms in total. The minimum absolute atomic E-state index is 0.0506. The molecule has 0 unspecified atom stereocenters. The minimum atomic E-state index is -0.613. The number of pyridine rings is 1. The van der Waals surface area contributed by atoms with Gasteiger partial charge in [0.05, 0.1) is 6.54 Å². The third-order valence-electron chi connectivity index (χ3n) is 3.65. The molecule has 0 saturated heterocycles. The molecule has 0 aliphatic carbocycles. The van der Waals surface area contributed by atoms with Crippen LogP contribution in [0.15, 0.2) is 47.5 Å². The summed E-state index contributed by atoms with van der Waals surface area (Å²) in [4.78, 5) is 14.4. The van der Waals surface area contributed by atoms with Crippen molar-refractivity contribution in [2.24, 2.45) is 0 Å².